The normalized spacial score (nSPS) is 11.3. The van der Waals surface area contributed by atoms with Gasteiger partial charge in [0, 0.05) is 6.42 Å². The van der Waals surface area contributed by atoms with Gasteiger partial charge in [0.2, 0.25) is 5.91 Å². The fourth-order valence-electron chi connectivity index (χ4n) is 2.34. The summed E-state index contributed by atoms with van der Waals surface area (Å²) in [5, 5.41) is 20.9. The van der Waals surface area contributed by atoms with Crippen LogP contribution >= 0.6 is 0 Å². The molecule has 0 atom stereocenters. The number of carboxylic acid groups (broad SMARTS) is 1. The van der Waals surface area contributed by atoms with Crippen molar-refractivity contribution in [1.29, 1.82) is 0 Å². The van der Waals surface area contributed by atoms with Crippen LogP contribution in [0.1, 0.15) is 63.9 Å². The number of hydrogen-bond donors (Lipinski definition) is 3. The molecule has 1 rings (SSSR count). The van der Waals surface area contributed by atoms with Gasteiger partial charge in [0.1, 0.15) is 11.4 Å². The maximum Gasteiger partial charge on any atom is 0.352 e. The first-order chi connectivity index (χ1) is 11.5. The van der Waals surface area contributed by atoms with Gasteiger partial charge in [-0.2, -0.15) is 0 Å². The number of nitrogens with one attached hydrogen (secondary N) is 1. The van der Waals surface area contributed by atoms with E-state index in [2.05, 4.69) is 12.2 Å². The maximum atomic E-state index is 11.9. The number of aliphatic carboxylic acids is 1. The zero-order chi connectivity index (χ0) is 17.8. The number of phenols is 1. The van der Waals surface area contributed by atoms with E-state index in [-0.39, 0.29) is 17.4 Å². The van der Waals surface area contributed by atoms with Gasteiger partial charge in [-0.1, -0.05) is 57.6 Å². The Morgan fingerprint density at radius 1 is 1.00 bits per heavy atom. The highest BCUT2D eigenvalue weighted by Gasteiger charge is 2.11. The molecule has 0 aliphatic heterocycles. The molecule has 0 saturated carbocycles. The minimum atomic E-state index is -1.18. The summed E-state index contributed by atoms with van der Waals surface area (Å²) < 4.78 is 0. The van der Waals surface area contributed by atoms with Crippen molar-refractivity contribution in [3.05, 3.63) is 35.5 Å². The van der Waals surface area contributed by atoms with E-state index in [1.807, 2.05) is 0 Å². The lowest BCUT2D eigenvalue weighted by atomic mass is 10.1. The van der Waals surface area contributed by atoms with Gasteiger partial charge in [-0.05, 0) is 30.2 Å². The number of phenolic OH excluding ortho intramolecular Hbond substituents is 1. The van der Waals surface area contributed by atoms with E-state index in [0.717, 1.165) is 19.3 Å². The molecule has 3 N–H and O–H groups in total. The van der Waals surface area contributed by atoms with E-state index in [1.165, 1.54) is 43.9 Å². The molecule has 1 aromatic rings. The van der Waals surface area contributed by atoms with Crippen molar-refractivity contribution < 1.29 is 19.8 Å². The Bertz CT molecular complexity index is 549. The number of carboxylic acids is 1. The number of amides is 1. The Labute approximate surface area is 143 Å². The summed E-state index contributed by atoms with van der Waals surface area (Å²) in [6.45, 7) is 2.18. The minimum Gasteiger partial charge on any atom is -0.508 e. The van der Waals surface area contributed by atoms with Crippen LogP contribution in [0.25, 0.3) is 6.08 Å². The predicted molar refractivity (Wildman–Crippen MR) is 94.5 cm³/mol. The van der Waals surface area contributed by atoms with Gasteiger partial charge in [-0.3, -0.25) is 4.79 Å². The number of benzene rings is 1. The highest BCUT2D eigenvalue weighted by molar-refractivity contribution is 5.96. The second-order valence-electron chi connectivity index (χ2n) is 5.87. The molecule has 0 aliphatic rings. The molecule has 24 heavy (non-hydrogen) atoms. The third kappa shape index (κ3) is 8.36. The SMILES string of the molecule is CCCCCCCCCC(=O)NC(=Cc1ccc(O)cc1)C(=O)O. The van der Waals surface area contributed by atoms with Crippen LogP contribution in [0, 0.1) is 0 Å². The quantitative estimate of drug-likeness (QED) is 0.421. The lowest BCUT2D eigenvalue weighted by Gasteiger charge is -2.06. The molecule has 0 bridgehead atoms. The van der Waals surface area contributed by atoms with Gasteiger partial charge in [0.15, 0.2) is 0 Å². The van der Waals surface area contributed by atoms with Crippen molar-refractivity contribution in [3.63, 3.8) is 0 Å². The lowest BCUT2D eigenvalue weighted by Crippen LogP contribution is -2.26. The fraction of sp³-hybridized carbons (Fsp3) is 0.474. The number of unbranched alkanes of at least 4 members (excludes halogenated alkanes) is 6. The van der Waals surface area contributed by atoms with Crippen molar-refractivity contribution in [2.45, 2.75) is 58.3 Å². The zero-order valence-electron chi connectivity index (χ0n) is 14.3. The summed E-state index contributed by atoms with van der Waals surface area (Å²) in [5.41, 5.74) is 0.440. The number of rotatable bonds is 11. The molecule has 0 fully saturated rings. The van der Waals surface area contributed by atoms with E-state index < -0.39 is 5.97 Å². The molecule has 1 amide bonds. The molecule has 0 aromatic heterocycles. The van der Waals surface area contributed by atoms with Crippen LogP contribution in [0.3, 0.4) is 0 Å². The van der Waals surface area contributed by atoms with Gasteiger partial charge < -0.3 is 15.5 Å². The van der Waals surface area contributed by atoms with E-state index in [4.69, 9.17) is 0 Å². The average molecular weight is 333 g/mol. The molecule has 0 radical (unpaired) electrons. The molecule has 0 spiro atoms. The van der Waals surface area contributed by atoms with Gasteiger partial charge >= 0.3 is 5.97 Å². The molecule has 132 valence electrons. The second-order valence-corrected chi connectivity index (χ2v) is 5.87. The van der Waals surface area contributed by atoms with Crippen molar-refractivity contribution in [2.24, 2.45) is 0 Å². The van der Waals surface area contributed by atoms with Crippen LogP contribution in [0.5, 0.6) is 5.75 Å². The summed E-state index contributed by atoms with van der Waals surface area (Å²) >= 11 is 0. The molecule has 1 aromatic carbocycles. The van der Waals surface area contributed by atoms with Crippen LogP contribution in [-0.4, -0.2) is 22.1 Å². The summed E-state index contributed by atoms with van der Waals surface area (Å²) in [5.74, 6) is -1.36. The first-order valence-electron chi connectivity index (χ1n) is 8.56. The fourth-order valence-corrected chi connectivity index (χ4v) is 2.34. The summed E-state index contributed by atoms with van der Waals surface area (Å²) in [7, 11) is 0. The van der Waals surface area contributed by atoms with Gasteiger partial charge in [0.05, 0.1) is 0 Å². The van der Waals surface area contributed by atoms with Crippen LogP contribution in [0.4, 0.5) is 0 Å². The van der Waals surface area contributed by atoms with Crippen molar-refractivity contribution in [3.8, 4) is 5.75 Å². The molecular formula is C19H27NO4. The van der Waals surface area contributed by atoms with E-state index in [1.54, 1.807) is 12.1 Å². The van der Waals surface area contributed by atoms with Gasteiger partial charge in [-0.25, -0.2) is 4.79 Å². The number of carbonyl (C=O) groups excluding carboxylic acids is 1. The first-order valence-corrected chi connectivity index (χ1v) is 8.56. The maximum absolute atomic E-state index is 11.9. The third-order valence-corrected chi connectivity index (χ3v) is 3.72. The summed E-state index contributed by atoms with van der Waals surface area (Å²) in [4.78, 5) is 23.1. The number of aromatic hydroxyl groups is 1. The monoisotopic (exact) mass is 333 g/mol. The molecule has 5 nitrogen and oxygen atoms in total. The largest absolute Gasteiger partial charge is 0.508 e. The van der Waals surface area contributed by atoms with E-state index in [9.17, 15) is 19.8 Å². The van der Waals surface area contributed by atoms with Gasteiger partial charge in [0.25, 0.3) is 0 Å². The van der Waals surface area contributed by atoms with Crippen molar-refractivity contribution in [2.75, 3.05) is 0 Å². The zero-order valence-corrected chi connectivity index (χ0v) is 14.3. The first kappa shape index (κ1) is 19.7. The Hall–Kier alpha value is -2.30. The van der Waals surface area contributed by atoms with Crippen molar-refractivity contribution in [1.82, 2.24) is 5.32 Å². The standard InChI is InChI=1S/C19H27NO4/c1-2-3-4-5-6-7-8-9-18(22)20-17(19(23)24)14-15-10-12-16(21)13-11-15/h10-14,21H,2-9H2,1H3,(H,20,22)(H,23,24). The Kier molecular flexibility index (Phi) is 9.27. The Balaban J connectivity index is 2.40. The van der Waals surface area contributed by atoms with E-state index >= 15 is 0 Å². The van der Waals surface area contributed by atoms with Crippen LogP contribution < -0.4 is 5.32 Å². The third-order valence-electron chi connectivity index (χ3n) is 3.72. The highest BCUT2D eigenvalue weighted by atomic mass is 16.4. The summed E-state index contributed by atoms with van der Waals surface area (Å²) in [6.07, 6.45) is 9.47. The predicted octanol–water partition coefficient (Wildman–Crippen LogP) is 4.07. The minimum absolute atomic E-state index is 0.104. The van der Waals surface area contributed by atoms with Crippen molar-refractivity contribution >= 4 is 18.0 Å². The molecule has 0 heterocycles. The lowest BCUT2D eigenvalue weighted by molar-refractivity contribution is -0.134. The highest BCUT2D eigenvalue weighted by Crippen LogP contribution is 2.13. The average Bonchev–Trinajstić information content (AvgIpc) is 2.55. The second kappa shape index (κ2) is 11.3. The summed E-state index contributed by atoms with van der Waals surface area (Å²) in [6, 6.07) is 6.10. The Morgan fingerprint density at radius 2 is 1.58 bits per heavy atom. The molecule has 5 heteroatoms. The molecular weight excluding hydrogens is 306 g/mol. The van der Waals surface area contributed by atoms with Crippen LogP contribution in [0.2, 0.25) is 0 Å². The smallest absolute Gasteiger partial charge is 0.352 e. The van der Waals surface area contributed by atoms with Gasteiger partial charge in [-0.15, -0.1) is 0 Å². The molecule has 0 unspecified atom stereocenters. The van der Waals surface area contributed by atoms with Crippen LogP contribution in [0.15, 0.2) is 30.0 Å². The van der Waals surface area contributed by atoms with E-state index in [0.29, 0.717) is 12.0 Å². The molecule has 0 saturated heterocycles. The topological polar surface area (TPSA) is 86.6 Å². The molecule has 0 aliphatic carbocycles. The Morgan fingerprint density at radius 3 is 2.17 bits per heavy atom. The van der Waals surface area contributed by atoms with Crippen LogP contribution in [-0.2, 0) is 9.59 Å². The number of hydrogen-bond acceptors (Lipinski definition) is 3. The number of carbonyl (C=O) groups is 2.